The monoisotopic (exact) mass is 237 g/mol. The predicted octanol–water partition coefficient (Wildman–Crippen LogP) is 3.55. The molecule has 0 aliphatic heterocycles. The van der Waals surface area contributed by atoms with E-state index in [4.69, 9.17) is 20.8 Å². The van der Waals surface area contributed by atoms with Crippen molar-refractivity contribution in [1.29, 1.82) is 0 Å². The summed E-state index contributed by atoms with van der Waals surface area (Å²) in [5.74, 6) is 0.777. The molecule has 1 aromatic carbocycles. The van der Waals surface area contributed by atoms with Crippen LogP contribution < -0.4 is 10.1 Å². The van der Waals surface area contributed by atoms with Crippen LogP contribution in [0.5, 0.6) is 5.75 Å². The number of benzene rings is 1. The first-order valence-corrected chi connectivity index (χ1v) is 5.26. The highest BCUT2D eigenvalue weighted by molar-refractivity contribution is 6.33. The van der Waals surface area contributed by atoms with Crippen LogP contribution in [0.3, 0.4) is 0 Å². The minimum atomic E-state index is 0.670. The van der Waals surface area contributed by atoms with E-state index in [1.807, 2.05) is 18.2 Å². The third kappa shape index (κ3) is 2.49. The predicted molar refractivity (Wildman–Crippen MR) is 64.0 cm³/mol. The second-order valence-electron chi connectivity index (χ2n) is 3.33. The van der Waals surface area contributed by atoms with Gasteiger partial charge in [-0.15, -0.1) is 0 Å². The molecule has 0 unspecified atom stereocenters. The minimum Gasteiger partial charge on any atom is -0.497 e. The van der Waals surface area contributed by atoms with Gasteiger partial charge in [0.05, 0.1) is 30.3 Å². The molecule has 0 atom stereocenters. The average molecular weight is 238 g/mol. The molecule has 0 aliphatic rings. The Bertz CT molecular complexity index is 454. The van der Waals surface area contributed by atoms with Crippen LogP contribution in [0.4, 0.5) is 5.69 Å². The Labute approximate surface area is 99.0 Å². The van der Waals surface area contributed by atoms with Crippen LogP contribution in [0, 0.1) is 0 Å². The van der Waals surface area contributed by atoms with Gasteiger partial charge in [0, 0.05) is 18.2 Å². The van der Waals surface area contributed by atoms with Crippen molar-refractivity contribution in [3.8, 4) is 5.75 Å². The summed E-state index contributed by atoms with van der Waals surface area (Å²) in [5.41, 5.74) is 1.92. The number of methoxy groups -OCH3 is 1. The number of anilines is 1. The van der Waals surface area contributed by atoms with Crippen molar-refractivity contribution in [3.63, 3.8) is 0 Å². The fraction of sp³-hybridized carbons (Fsp3) is 0.167. The summed E-state index contributed by atoms with van der Waals surface area (Å²) in [4.78, 5) is 0. The van der Waals surface area contributed by atoms with Gasteiger partial charge < -0.3 is 14.5 Å². The molecule has 1 heterocycles. The molecule has 1 N–H and O–H groups in total. The minimum absolute atomic E-state index is 0.670. The van der Waals surface area contributed by atoms with Crippen molar-refractivity contribution in [2.75, 3.05) is 12.4 Å². The maximum absolute atomic E-state index is 6.05. The molecule has 0 amide bonds. The Kier molecular flexibility index (Phi) is 3.37. The quantitative estimate of drug-likeness (QED) is 0.883. The van der Waals surface area contributed by atoms with E-state index in [2.05, 4.69) is 5.32 Å². The van der Waals surface area contributed by atoms with Crippen molar-refractivity contribution < 1.29 is 9.15 Å². The first-order chi connectivity index (χ1) is 7.79. The third-order valence-corrected chi connectivity index (χ3v) is 2.57. The molecule has 0 spiro atoms. The van der Waals surface area contributed by atoms with E-state index in [9.17, 15) is 0 Å². The lowest BCUT2D eigenvalue weighted by Gasteiger charge is -2.08. The summed E-state index contributed by atoms with van der Waals surface area (Å²) in [7, 11) is 1.63. The normalized spacial score (nSPS) is 10.1. The van der Waals surface area contributed by atoms with E-state index >= 15 is 0 Å². The fourth-order valence-electron chi connectivity index (χ4n) is 1.36. The topological polar surface area (TPSA) is 34.4 Å². The highest BCUT2D eigenvalue weighted by Crippen LogP contribution is 2.27. The zero-order valence-electron chi connectivity index (χ0n) is 8.87. The number of hydrogen-bond donors (Lipinski definition) is 1. The van der Waals surface area contributed by atoms with E-state index in [0.717, 1.165) is 17.0 Å². The first-order valence-electron chi connectivity index (χ1n) is 4.88. The van der Waals surface area contributed by atoms with Crippen LogP contribution in [-0.4, -0.2) is 7.11 Å². The molecular formula is C12H12ClNO2. The number of furan rings is 1. The van der Waals surface area contributed by atoms with Crippen LogP contribution in [0.15, 0.2) is 41.2 Å². The van der Waals surface area contributed by atoms with Gasteiger partial charge in [-0.1, -0.05) is 11.6 Å². The molecule has 0 saturated heterocycles. The lowest BCUT2D eigenvalue weighted by atomic mass is 10.2. The summed E-state index contributed by atoms with van der Waals surface area (Å²) < 4.78 is 10.1. The average Bonchev–Trinajstić information content (AvgIpc) is 2.81. The van der Waals surface area contributed by atoms with Crippen molar-refractivity contribution in [1.82, 2.24) is 0 Å². The highest BCUT2D eigenvalue weighted by Gasteiger charge is 2.02. The molecule has 0 saturated carbocycles. The first kappa shape index (κ1) is 10.9. The van der Waals surface area contributed by atoms with Gasteiger partial charge in [-0.3, -0.25) is 0 Å². The second-order valence-corrected chi connectivity index (χ2v) is 3.74. The fourth-order valence-corrected chi connectivity index (χ4v) is 1.54. The van der Waals surface area contributed by atoms with Gasteiger partial charge >= 0.3 is 0 Å². The van der Waals surface area contributed by atoms with Gasteiger partial charge in [0.2, 0.25) is 0 Å². The number of rotatable bonds is 4. The Morgan fingerprint density at radius 2 is 2.25 bits per heavy atom. The van der Waals surface area contributed by atoms with E-state index in [-0.39, 0.29) is 0 Å². The number of ether oxygens (including phenoxy) is 1. The second kappa shape index (κ2) is 4.94. The van der Waals surface area contributed by atoms with Crippen molar-refractivity contribution in [3.05, 3.63) is 47.4 Å². The Morgan fingerprint density at radius 1 is 1.38 bits per heavy atom. The van der Waals surface area contributed by atoms with Crippen LogP contribution in [-0.2, 0) is 6.54 Å². The highest BCUT2D eigenvalue weighted by atomic mass is 35.5. The van der Waals surface area contributed by atoms with E-state index in [1.54, 1.807) is 25.7 Å². The number of halogens is 1. The Morgan fingerprint density at radius 3 is 2.94 bits per heavy atom. The molecule has 0 radical (unpaired) electrons. The van der Waals surface area contributed by atoms with Gasteiger partial charge in [0.15, 0.2) is 0 Å². The summed E-state index contributed by atoms with van der Waals surface area (Å²) in [5, 5.41) is 3.89. The van der Waals surface area contributed by atoms with Crippen LogP contribution in [0.1, 0.15) is 5.56 Å². The third-order valence-electron chi connectivity index (χ3n) is 2.24. The Hall–Kier alpha value is -1.61. The maximum Gasteiger partial charge on any atom is 0.121 e. The van der Waals surface area contributed by atoms with Crippen molar-refractivity contribution in [2.45, 2.75) is 6.54 Å². The largest absolute Gasteiger partial charge is 0.497 e. The SMILES string of the molecule is COc1ccc(Cl)c(NCc2ccoc2)c1. The lowest BCUT2D eigenvalue weighted by molar-refractivity contribution is 0.415. The molecule has 2 rings (SSSR count). The van der Waals surface area contributed by atoms with Gasteiger partial charge in [-0.25, -0.2) is 0 Å². The zero-order valence-corrected chi connectivity index (χ0v) is 9.62. The molecule has 84 valence electrons. The van der Waals surface area contributed by atoms with E-state index < -0.39 is 0 Å². The molecule has 2 aromatic rings. The zero-order chi connectivity index (χ0) is 11.4. The summed E-state index contributed by atoms with van der Waals surface area (Å²) in [6.07, 6.45) is 3.34. The van der Waals surface area contributed by atoms with Crippen LogP contribution in [0.25, 0.3) is 0 Å². The molecule has 16 heavy (non-hydrogen) atoms. The van der Waals surface area contributed by atoms with Crippen molar-refractivity contribution in [2.24, 2.45) is 0 Å². The van der Waals surface area contributed by atoms with Gasteiger partial charge in [0.1, 0.15) is 5.75 Å². The molecule has 3 nitrogen and oxygen atoms in total. The number of nitrogens with one attached hydrogen (secondary N) is 1. The summed E-state index contributed by atoms with van der Waals surface area (Å²) in [6.45, 7) is 0.670. The van der Waals surface area contributed by atoms with Crippen LogP contribution >= 0.6 is 11.6 Å². The summed E-state index contributed by atoms with van der Waals surface area (Å²) in [6, 6.07) is 7.40. The molecule has 0 bridgehead atoms. The molecular weight excluding hydrogens is 226 g/mol. The maximum atomic E-state index is 6.05. The smallest absolute Gasteiger partial charge is 0.121 e. The Balaban J connectivity index is 2.08. The van der Waals surface area contributed by atoms with E-state index in [0.29, 0.717) is 11.6 Å². The van der Waals surface area contributed by atoms with Gasteiger partial charge in [0.25, 0.3) is 0 Å². The molecule has 1 aromatic heterocycles. The molecule has 4 heteroatoms. The summed E-state index contributed by atoms with van der Waals surface area (Å²) >= 11 is 6.05. The van der Waals surface area contributed by atoms with Crippen molar-refractivity contribution >= 4 is 17.3 Å². The van der Waals surface area contributed by atoms with Gasteiger partial charge in [-0.2, -0.15) is 0 Å². The standard InChI is InChI=1S/C12H12ClNO2/c1-15-10-2-3-11(13)12(6-10)14-7-9-4-5-16-8-9/h2-6,8,14H,7H2,1H3. The lowest BCUT2D eigenvalue weighted by Crippen LogP contribution is -1.99. The molecule has 0 aliphatic carbocycles. The van der Waals surface area contributed by atoms with Crippen LogP contribution in [0.2, 0.25) is 5.02 Å². The number of hydrogen-bond acceptors (Lipinski definition) is 3. The van der Waals surface area contributed by atoms with Gasteiger partial charge in [-0.05, 0) is 18.2 Å². The van der Waals surface area contributed by atoms with E-state index in [1.165, 1.54) is 0 Å². The molecule has 0 fully saturated rings.